The summed E-state index contributed by atoms with van der Waals surface area (Å²) >= 11 is 0. The van der Waals surface area contributed by atoms with Crippen molar-refractivity contribution in [1.82, 2.24) is 4.90 Å². The van der Waals surface area contributed by atoms with Crippen LogP contribution in [-0.4, -0.2) is 29.8 Å². The second kappa shape index (κ2) is 6.34. The predicted octanol–water partition coefficient (Wildman–Crippen LogP) is 2.42. The Morgan fingerprint density at radius 3 is 2.52 bits per heavy atom. The zero-order chi connectivity index (χ0) is 15.5. The van der Waals surface area contributed by atoms with E-state index in [1.165, 1.54) is 12.1 Å². The average Bonchev–Trinajstić information content (AvgIpc) is 2.40. The van der Waals surface area contributed by atoms with Crippen LogP contribution in [0.25, 0.3) is 0 Å². The number of amides is 1. The summed E-state index contributed by atoms with van der Waals surface area (Å²) in [6.07, 6.45) is -2.02. The summed E-state index contributed by atoms with van der Waals surface area (Å²) in [6, 6.07) is 5.37. The molecular formula is C14H17F3N2O2. The van der Waals surface area contributed by atoms with E-state index in [0.717, 1.165) is 31.4 Å². The minimum Gasteiger partial charge on any atom is -0.406 e. The van der Waals surface area contributed by atoms with E-state index in [0.29, 0.717) is 6.54 Å². The van der Waals surface area contributed by atoms with Crippen LogP contribution in [-0.2, 0) is 11.3 Å². The molecule has 1 aromatic rings. The van der Waals surface area contributed by atoms with Crippen LogP contribution in [0, 0.1) is 0 Å². The number of ether oxygens (including phenoxy) is 1. The second-order valence-corrected chi connectivity index (χ2v) is 5.08. The van der Waals surface area contributed by atoms with Crippen LogP contribution in [0.5, 0.6) is 5.75 Å². The van der Waals surface area contributed by atoms with Gasteiger partial charge in [-0.15, -0.1) is 13.2 Å². The number of alkyl halides is 3. The Kier molecular flexibility index (Phi) is 4.72. The monoisotopic (exact) mass is 302 g/mol. The Morgan fingerprint density at radius 2 is 1.95 bits per heavy atom. The number of nitrogens with two attached hydrogens (primary N) is 1. The first-order valence-corrected chi connectivity index (χ1v) is 6.73. The van der Waals surface area contributed by atoms with Crippen LogP contribution < -0.4 is 10.5 Å². The molecule has 1 unspecified atom stereocenters. The van der Waals surface area contributed by atoms with Gasteiger partial charge < -0.3 is 10.5 Å². The lowest BCUT2D eigenvalue weighted by molar-refractivity contribution is -0.274. The fourth-order valence-electron chi connectivity index (χ4n) is 2.53. The predicted molar refractivity (Wildman–Crippen MR) is 70.4 cm³/mol. The van der Waals surface area contributed by atoms with Gasteiger partial charge >= 0.3 is 6.36 Å². The molecule has 1 heterocycles. The van der Waals surface area contributed by atoms with Gasteiger partial charge in [-0.2, -0.15) is 0 Å². The van der Waals surface area contributed by atoms with Gasteiger partial charge in [-0.3, -0.25) is 9.69 Å². The highest BCUT2D eigenvalue weighted by Crippen LogP contribution is 2.24. The SMILES string of the molecule is NC(=O)C1CCCCN1Cc1ccc(OC(F)(F)F)cc1. The number of nitrogens with zero attached hydrogens (tertiary/aromatic N) is 1. The Bertz CT molecular complexity index is 488. The topological polar surface area (TPSA) is 55.6 Å². The van der Waals surface area contributed by atoms with Crippen LogP contribution in [0.4, 0.5) is 13.2 Å². The number of carbonyl (C=O) groups excluding carboxylic acids is 1. The fraction of sp³-hybridized carbons (Fsp3) is 0.500. The maximum Gasteiger partial charge on any atom is 0.573 e. The first kappa shape index (κ1) is 15.6. The molecule has 0 saturated carbocycles. The molecule has 1 atom stereocenters. The maximum atomic E-state index is 12.1. The van der Waals surface area contributed by atoms with Crippen molar-refractivity contribution in [1.29, 1.82) is 0 Å². The van der Waals surface area contributed by atoms with E-state index in [9.17, 15) is 18.0 Å². The lowest BCUT2D eigenvalue weighted by atomic mass is 10.0. The fourth-order valence-corrected chi connectivity index (χ4v) is 2.53. The van der Waals surface area contributed by atoms with Crippen LogP contribution in [0.3, 0.4) is 0 Å². The molecule has 0 spiro atoms. The van der Waals surface area contributed by atoms with E-state index in [2.05, 4.69) is 4.74 Å². The van der Waals surface area contributed by atoms with Gasteiger partial charge in [-0.1, -0.05) is 18.6 Å². The summed E-state index contributed by atoms with van der Waals surface area (Å²) in [5.41, 5.74) is 6.20. The number of piperidine rings is 1. The highest BCUT2D eigenvalue weighted by atomic mass is 19.4. The highest BCUT2D eigenvalue weighted by molar-refractivity contribution is 5.79. The third-order valence-corrected chi connectivity index (χ3v) is 3.48. The smallest absolute Gasteiger partial charge is 0.406 e. The van der Waals surface area contributed by atoms with E-state index in [1.54, 1.807) is 12.1 Å². The summed E-state index contributed by atoms with van der Waals surface area (Å²) in [5.74, 6) is -0.608. The van der Waals surface area contributed by atoms with Crippen molar-refractivity contribution >= 4 is 5.91 Å². The molecule has 1 amide bonds. The number of benzene rings is 1. The number of likely N-dealkylation sites (tertiary alicyclic amines) is 1. The summed E-state index contributed by atoms with van der Waals surface area (Å²) < 4.78 is 40.0. The first-order chi connectivity index (χ1) is 9.85. The van der Waals surface area contributed by atoms with Crippen molar-refractivity contribution in [3.05, 3.63) is 29.8 Å². The number of carbonyl (C=O) groups is 1. The lowest BCUT2D eigenvalue weighted by Crippen LogP contribution is -2.47. The first-order valence-electron chi connectivity index (χ1n) is 6.73. The second-order valence-electron chi connectivity index (χ2n) is 5.08. The Labute approximate surface area is 120 Å². The van der Waals surface area contributed by atoms with Crippen molar-refractivity contribution < 1.29 is 22.7 Å². The molecule has 1 saturated heterocycles. The van der Waals surface area contributed by atoms with E-state index >= 15 is 0 Å². The van der Waals surface area contributed by atoms with Gasteiger partial charge in [0.2, 0.25) is 5.91 Å². The normalized spacial score (nSPS) is 20.2. The van der Waals surface area contributed by atoms with Gasteiger partial charge in [-0.25, -0.2) is 0 Å². The Hall–Kier alpha value is -1.76. The van der Waals surface area contributed by atoms with Crippen LogP contribution in [0.2, 0.25) is 0 Å². The van der Waals surface area contributed by atoms with Crippen LogP contribution >= 0.6 is 0 Å². The number of hydrogen-bond donors (Lipinski definition) is 1. The minimum absolute atomic E-state index is 0.253. The molecule has 0 aromatic heterocycles. The third-order valence-electron chi connectivity index (χ3n) is 3.48. The molecule has 1 fully saturated rings. The van der Waals surface area contributed by atoms with Crippen molar-refractivity contribution in [2.45, 2.75) is 38.2 Å². The molecule has 0 bridgehead atoms. The quantitative estimate of drug-likeness (QED) is 0.929. The van der Waals surface area contributed by atoms with Gasteiger partial charge in [0.15, 0.2) is 0 Å². The molecular weight excluding hydrogens is 285 g/mol. The van der Waals surface area contributed by atoms with Crippen LogP contribution in [0.1, 0.15) is 24.8 Å². The highest BCUT2D eigenvalue weighted by Gasteiger charge is 2.31. The van der Waals surface area contributed by atoms with E-state index < -0.39 is 6.36 Å². The zero-order valence-corrected chi connectivity index (χ0v) is 11.4. The van der Waals surface area contributed by atoms with Gasteiger partial charge in [0.1, 0.15) is 5.75 Å². The molecule has 1 aromatic carbocycles. The van der Waals surface area contributed by atoms with Crippen LogP contribution in [0.15, 0.2) is 24.3 Å². The van der Waals surface area contributed by atoms with E-state index in [-0.39, 0.29) is 17.7 Å². The molecule has 0 radical (unpaired) electrons. The molecule has 7 heteroatoms. The summed E-state index contributed by atoms with van der Waals surface area (Å²) in [5, 5.41) is 0. The largest absolute Gasteiger partial charge is 0.573 e. The summed E-state index contributed by atoms with van der Waals surface area (Å²) in [4.78, 5) is 13.4. The minimum atomic E-state index is -4.69. The van der Waals surface area contributed by atoms with Crippen molar-refractivity contribution in [3.63, 3.8) is 0 Å². The van der Waals surface area contributed by atoms with Crippen molar-refractivity contribution in [2.75, 3.05) is 6.54 Å². The molecule has 2 N–H and O–H groups in total. The van der Waals surface area contributed by atoms with Gasteiger partial charge in [-0.05, 0) is 37.1 Å². The third kappa shape index (κ3) is 4.63. The number of primary amides is 1. The number of halogens is 3. The molecule has 21 heavy (non-hydrogen) atoms. The standard InChI is InChI=1S/C14H17F3N2O2/c15-14(16,17)21-11-6-4-10(5-7-11)9-19-8-2-1-3-12(19)13(18)20/h4-7,12H,1-3,8-9H2,(H2,18,20). The maximum absolute atomic E-state index is 12.1. The van der Waals surface area contributed by atoms with Gasteiger partial charge in [0, 0.05) is 6.54 Å². The van der Waals surface area contributed by atoms with Crippen molar-refractivity contribution in [3.8, 4) is 5.75 Å². The molecule has 1 aliphatic heterocycles. The number of hydrogen-bond acceptors (Lipinski definition) is 3. The lowest BCUT2D eigenvalue weighted by Gasteiger charge is -2.33. The molecule has 116 valence electrons. The summed E-state index contributed by atoms with van der Waals surface area (Å²) in [6.45, 7) is 1.24. The van der Waals surface area contributed by atoms with Crippen molar-refractivity contribution in [2.24, 2.45) is 5.73 Å². The van der Waals surface area contributed by atoms with Gasteiger partial charge in [0.05, 0.1) is 6.04 Å². The van der Waals surface area contributed by atoms with E-state index in [4.69, 9.17) is 5.73 Å². The Morgan fingerprint density at radius 1 is 1.29 bits per heavy atom. The average molecular weight is 302 g/mol. The van der Waals surface area contributed by atoms with E-state index in [1.807, 2.05) is 4.90 Å². The van der Waals surface area contributed by atoms with Gasteiger partial charge in [0.25, 0.3) is 0 Å². The molecule has 1 aliphatic rings. The summed E-state index contributed by atoms with van der Waals surface area (Å²) in [7, 11) is 0. The molecule has 0 aliphatic carbocycles. The molecule has 4 nitrogen and oxygen atoms in total. The zero-order valence-electron chi connectivity index (χ0n) is 11.4. The Balaban J connectivity index is 2.00. The molecule has 2 rings (SSSR count). The number of rotatable bonds is 4.